The van der Waals surface area contributed by atoms with Crippen LogP contribution in [0.2, 0.25) is 0 Å². The van der Waals surface area contributed by atoms with Crippen molar-refractivity contribution in [1.29, 1.82) is 0 Å². The summed E-state index contributed by atoms with van der Waals surface area (Å²) in [6.45, 7) is 1.70. The molecule has 7 heteroatoms. The third kappa shape index (κ3) is 6.34. The lowest BCUT2D eigenvalue weighted by Gasteiger charge is -2.37. The van der Waals surface area contributed by atoms with Crippen molar-refractivity contribution in [2.75, 3.05) is 6.61 Å². The Morgan fingerprint density at radius 3 is 1.67 bits per heavy atom. The number of aryl methyl sites for hydroxylation is 1. The monoisotopic (exact) mass is 562 g/mol. The summed E-state index contributed by atoms with van der Waals surface area (Å²) in [5.41, 5.74) is 1.26. The molecule has 0 saturated carbocycles. The molecule has 1 aromatic heterocycles. The highest BCUT2D eigenvalue weighted by molar-refractivity contribution is 5.47. The lowest BCUT2D eigenvalue weighted by Crippen LogP contribution is -2.38. The van der Waals surface area contributed by atoms with E-state index < -0.39 is 35.3 Å². The molecule has 5 aromatic rings. The number of H-pyrrole nitrogens is 1. The van der Waals surface area contributed by atoms with E-state index in [9.17, 15) is 14.7 Å². The van der Waals surface area contributed by atoms with Crippen LogP contribution in [-0.2, 0) is 15.1 Å². The Labute approximate surface area is 244 Å². The first-order valence-corrected chi connectivity index (χ1v) is 13.9. The molecule has 1 aliphatic rings. The number of benzene rings is 4. The second-order valence-corrected chi connectivity index (χ2v) is 10.2. The molecule has 0 spiro atoms. The van der Waals surface area contributed by atoms with Crippen molar-refractivity contribution in [3.8, 4) is 0 Å². The predicted molar refractivity (Wildman–Crippen MR) is 162 cm³/mol. The third-order valence-corrected chi connectivity index (χ3v) is 7.33. The zero-order valence-electron chi connectivity index (χ0n) is 23.4. The van der Waals surface area contributed by atoms with Crippen molar-refractivity contribution in [3.05, 3.63) is 177 Å². The average Bonchev–Trinajstić information content (AvgIpc) is 3.42. The quantitative estimate of drug-likeness (QED) is 0.267. The Balaban J connectivity index is 0.000000524. The summed E-state index contributed by atoms with van der Waals surface area (Å²) >= 11 is 0. The molecule has 7 nitrogen and oxygen atoms in total. The van der Waals surface area contributed by atoms with E-state index >= 15 is 0 Å². The summed E-state index contributed by atoms with van der Waals surface area (Å²) in [6.07, 6.45) is -0.576. The van der Waals surface area contributed by atoms with Gasteiger partial charge >= 0.3 is 5.69 Å². The van der Waals surface area contributed by atoms with E-state index in [1.54, 1.807) is 6.92 Å². The van der Waals surface area contributed by atoms with Crippen molar-refractivity contribution in [1.82, 2.24) is 9.55 Å². The molecule has 0 radical (unpaired) electrons. The Morgan fingerprint density at radius 2 is 1.21 bits per heavy atom. The fraction of sp³-hybridized carbons (Fsp3) is 0.200. The topological polar surface area (TPSA) is 93.6 Å². The van der Waals surface area contributed by atoms with Gasteiger partial charge in [-0.3, -0.25) is 14.3 Å². The van der Waals surface area contributed by atoms with Crippen molar-refractivity contribution >= 4 is 0 Å². The molecule has 3 atom stereocenters. The van der Waals surface area contributed by atoms with Gasteiger partial charge < -0.3 is 14.6 Å². The molecule has 2 N–H and O–H groups in total. The fourth-order valence-corrected chi connectivity index (χ4v) is 5.20. The number of aromatic amines is 1. The largest absolute Gasteiger partial charge is 0.390 e. The number of hydrogen-bond donors (Lipinski definition) is 2. The molecule has 214 valence electrons. The van der Waals surface area contributed by atoms with Crippen LogP contribution < -0.4 is 11.2 Å². The minimum absolute atomic E-state index is 0.0768. The molecular weight excluding hydrogens is 528 g/mol. The summed E-state index contributed by atoms with van der Waals surface area (Å²) in [6, 6.07) is 41.9. The van der Waals surface area contributed by atoms with Crippen LogP contribution >= 0.6 is 0 Å². The maximum atomic E-state index is 12.4. The molecule has 1 saturated heterocycles. The van der Waals surface area contributed by atoms with E-state index in [0.29, 0.717) is 5.56 Å². The van der Waals surface area contributed by atoms with E-state index in [-0.39, 0.29) is 13.0 Å². The number of rotatable bonds is 7. The SMILES string of the molecule is Cc1cn([C@H]2CC(O)C(COC(c3ccccc3)(c3ccccc3)c3ccccc3)O2)c(=O)[nH]c1=O.c1ccccc1. The van der Waals surface area contributed by atoms with Crippen LogP contribution in [0.3, 0.4) is 0 Å². The first kappa shape index (κ1) is 29.0. The Bertz CT molecular complexity index is 1530. The summed E-state index contributed by atoms with van der Waals surface area (Å²) in [4.78, 5) is 26.4. The van der Waals surface area contributed by atoms with Gasteiger partial charge in [-0.25, -0.2) is 4.79 Å². The minimum atomic E-state index is -0.948. The highest BCUT2D eigenvalue weighted by Crippen LogP contribution is 2.41. The normalized spacial score (nSPS) is 18.2. The van der Waals surface area contributed by atoms with Crippen LogP contribution in [0.1, 0.15) is 34.9 Å². The molecule has 0 bridgehead atoms. The second-order valence-electron chi connectivity index (χ2n) is 10.2. The van der Waals surface area contributed by atoms with Crippen LogP contribution in [-0.4, -0.2) is 33.5 Å². The van der Waals surface area contributed by atoms with Gasteiger partial charge in [0.05, 0.1) is 12.7 Å². The first-order valence-electron chi connectivity index (χ1n) is 13.9. The van der Waals surface area contributed by atoms with E-state index in [2.05, 4.69) is 4.98 Å². The van der Waals surface area contributed by atoms with Gasteiger partial charge in [0.15, 0.2) is 0 Å². The van der Waals surface area contributed by atoms with Crippen molar-refractivity contribution in [2.24, 2.45) is 0 Å². The Hall–Kier alpha value is -4.56. The van der Waals surface area contributed by atoms with E-state index in [1.807, 2.05) is 127 Å². The van der Waals surface area contributed by atoms with Gasteiger partial charge in [-0.2, -0.15) is 0 Å². The molecule has 0 aliphatic carbocycles. The van der Waals surface area contributed by atoms with Gasteiger partial charge in [0, 0.05) is 18.2 Å². The van der Waals surface area contributed by atoms with Crippen LogP contribution in [0.25, 0.3) is 0 Å². The van der Waals surface area contributed by atoms with E-state index in [1.165, 1.54) is 10.8 Å². The summed E-state index contributed by atoms with van der Waals surface area (Å²) in [7, 11) is 0. The molecule has 2 heterocycles. The number of nitrogens with one attached hydrogen (secondary N) is 1. The van der Waals surface area contributed by atoms with Crippen LogP contribution in [0.5, 0.6) is 0 Å². The van der Waals surface area contributed by atoms with Gasteiger partial charge in [0.2, 0.25) is 0 Å². The number of hydrogen-bond acceptors (Lipinski definition) is 5. The van der Waals surface area contributed by atoms with Crippen molar-refractivity contribution in [3.63, 3.8) is 0 Å². The minimum Gasteiger partial charge on any atom is -0.390 e. The standard InChI is InChI=1S/C29H28N2O5.C6H6/c1-20-18-31(28(34)30-27(20)33)26-17-24(32)25(36-26)19-35-29(21-11-5-2-6-12-21,22-13-7-3-8-14-22)23-15-9-4-10-16-23;1-2-4-6-5-3-1/h2-16,18,24-26,32H,17,19H2,1H3,(H,30,33,34);1-6H/t24?,25?,26-;/m1./s1. The zero-order valence-corrected chi connectivity index (χ0v) is 23.4. The smallest absolute Gasteiger partial charge is 0.330 e. The van der Waals surface area contributed by atoms with E-state index in [0.717, 1.165) is 16.7 Å². The average molecular weight is 563 g/mol. The van der Waals surface area contributed by atoms with Crippen LogP contribution in [0.15, 0.2) is 143 Å². The summed E-state index contributed by atoms with van der Waals surface area (Å²) in [5, 5.41) is 10.9. The van der Waals surface area contributed by atoms with Crippen molar-refractivity contribution < 1.29 is 14.6 Å². The predicted octanol–water partition coefficient (Wildman–Crippen LogP) is 5.19. The first-order chi connectivity index (χ1) is 20.5. The van der Waals surface area contributed by atoms with Gasteiger partial charge in [-0.15, -0.1) is 0 Å². The maximum Gasteiger partial charge on any atom is 0.330 e. The van der Waals surface area contributed by atoms with Crippen LogP contribution in [0.4, 0.5) is 0 Å². The van der Waals surface area contributed by atoms with Gasteiger partial charge in [0.1, 0.15) is 17.9 Å². The van der Waals surface area contributed by atoms with Crippen LogP contribution in [0, 0.1) is 6.92 Å². The molecule has 2 unspecified atom stereocenters. The molecule has 6 rings (SSSR count). The number of aliphatic hydroxyl groups excluding tert-OH is 1. The second kappa shape index (κ2) is 13.4. The lowest BCUT2D eigenvalue weighted by atomic mass is 9.80. The molecular formula is C35H34N2O5. The third-order valence-electron chi connectivity index (χ3n) is 7.33. The number of aliphatic hydroxyl groups is 1. The zero-order chi connectivity index (χ0) is 29.4. The highest BCUT2D eigenvalue weighted by atomic mass is 16.6. The van der Waals surface area contributed by atoms with Gasteiger partial charge in [-0.05, 0) is 23.6 Å². The number of nitrogens with zero attached hydrogens (tertiary/aromatic N) is 1. The molecule has 1 fully saturated rings. The molecule has 42 heavy (non-hydrogen) atoms. The Morgan fingerprint density at radius 1 is 0.786 bits per heavy atom. The van der Waals surface area contributed by atoms with Gasteiger partial charge in [0.25, 0.3) is 5.56 Å². The van der Waals surface area contributed by atoms with Crippen molar-refractivity contribution in [2.45, 2.75) is 37.4 Å². The lowest BCUT2D eigenvalue weighted by molar-refractivity contribution is -0.0944. The highest BCUT2D eigenvalue weighted by Gasteiger charge is 2.41. The molecule has 4 aromatic carbocycles. The summed E-state index contributed by atoms with van der Waals surface area (Å²) < 4.78 is 14.2. The van der Waals surface area contributed by atoms with Gasteiger partial charge in [-0.1, -0.05) is 127 Å². The maximum absolute atomic E-state index is 12.4. The summed E-state index contributed by atoms with van der Waals surface area (Å²) in [5.74, 6) is 0. The van der Waals surface area contributed by atoms with E-state index in [4.69, 9.17) is 9.47 Å². The number of aromatic nitrogens is 2. The molecule has 0 amide bonds. The Kier molecular flexibility index (Phi) is 9.24. The number of ether oxygens (including phenoxy) is 2. The molecule has 1 aliphatic heterocycles. The fourth-order valence-electron chi connectivity index (χ4n) is 5.20.